The number of hydrogen-bond acceptors (Lipinski definition) is 5. The summed E-state index contributed by atoms with van der Waals surface area (Å²) in [6, 6.07) is -0.631. The van der Waals surface area contributed by atoms with Crippen LogP contribution in [-0.4, -0.2) is 40.8 Å². The maximum absolute atomic E-state index is 11.8. The number of carbonyl (C=O) groups excluding carboxylic acids is 3. The number of nitrogens with one attached hydrogen (secondary N) is 2. The lowest BCUT2D eigenvalue weighted by atomic mass is 10.3. The van der Waals surface area contributed by atoms with Crippen LogP contribution in [0.15, 0.2) is 0 Å². The van der Waals surface area contributed by atoms with Crippen molar-refractivity contribution in [1.82, 2.24) is 20.4 Å². The molecule has 1 heterocycles. The van der Waals surface area contributed by atoms with Crippen LogP contribution in [0.2, 0.25) is 5.15 Å². The van der Waals surface area contributed by atoms with E-state index in [0.717, 1.165) is 6.42 Å². The largest absolute Gasteiger partial charge is 0.452 e. The molecule has 0 bridgehead atoms. The van der Waals surface area contributed by atoms with Gasteiger partial charge in [-0.25, -0.2) is 9.59 Å². The van der Waals surface area contributed by atoms with Gasteiger partial charge in [-0.15, -0.1) is 0 Å². The van der Waals surface area contributed by atoms with Crippen LogP contribution >= 0.6 is 11.6 Å². The molecule has 3 amide bonds. The van der Waals surface area contributed by atoms with Gasteiger partial charge in [0.2, 0.25) is 0 Å². The van der Waals surface area contributed by atoms with Gasteiger partial charge in [-0.1, -0.05) is 18.5 Å². The summed E-state index contributed by atoms with van der Waals surface area (Å²) in [5, 5.41) is 8.58. The molecule has 0 atom stereocenters. The number of ether oxygens (including phenoxy) is 1. The number of nitrogens with zero attached hydrogens (tertiary/aromatic N) is 2. The van der Waals surface area contributed by atoms with Gasteiger partial charge in [0.1, 0.15) is 10.7 Å². The second-order valence-electron chi connectivity index (χ2n) is 4.26. The molecule has 1 rings (SSSR count). The summed E-state index contributed by atoms with van der Waals surface area (Å²) in [6.07, 6.45) is 0.745. The third-order valence-electron chi connectivity index (χ3n) is 2.48. The average Bonchev–Trinajstić information content (AvgIpc) is 2.67. The first-order valence-electron chi connectivity index (χ1n) is 6.30. The fourth-order valence-corrected chi connectivity index (χ4v) is 1.76. The van der Waals surface area contributed by atoms with Crippen molar-refractivity contribution >= 4 is 29.5 Å². The molecule has 0 aliphatic rings. The van der Waals surface area contributed by atoms with E-state index in [9.17, 15) is 14.4 Å². The number of aromatic nitrogens is 2. The summed E-state index contributed by atoms with van der Waals surface area (Å²) in [4.78, 5) is 34.5. The zero-order valence-corrected chi connectivity index (χ0v) is 12.8. The van der Waals surface area contributed by atoms with Crippen LogP contribution in [0.4, 0.5) is 4.79 Å². The van der Waals surface area contributed by atoms with E-state index in [4.69, 9.17) is 16.3 Å². The molecule has 8 nitrogen and oxygen atoms in total. The van der Waals surface area contributed by atoms with Crippen LogP contribution in [0.3, 0.4) is 0 Å². The fourth-order valence-electron chi connectivity index (χ4n) is 1.51. The van der Waals surface area contributed by atoms with Gasteiger partial charge in [-0.05, 0) is 13.3 Å². The Kier molecular flexibility index (Phi) is 6.16. The number of esters is 1. The van der Waals surface area contributed by atoms with E-state index >= 15 is 0 Å². The Morgan fingerprint density at radius 2 is 2.05 bits per heavy atom. The third kappa shape index (κ3) is 4.75. The quantitative estimate of drug-likeness (QED) is 0.781. The zero-order valence-electron chi connectivity index (χ0n) is 12.0. The molecule has 0 aliphatic heterocycles. The van der Waals surface area contributed by atoms with E-state index in [1.54, 1.807) is 14.0 Å². The molecule has 0 unspecified atom stereocenters. The zero-order chi connectivity index (χ0) is 16.0. The van der Waals surface area contributed by atoms with E-state index < -0.39 is 24.5 Å². The highest BCUT2D eigenvalue weighted by Gasteiger charge is 2.21. The molecule has 0 spiro atoms. The number of aryl methyl sites for hydroxylation is 2. The highest BCUT2D eigenvalue weighted by molar-refractivity contribution is 6.32. The van der Waals surface area contributed by atoms with Crippen molar-refractivity contribution in [3.8, 4) is 0 Å². The Labute approximate surface area is 126 Å². The van der Waals surface area contributed by atoms with Crippen LogP contribution in [0.1, 0.15) is 29.4 Å². The Morgan fingerprint density at radius 1 is 1.38 bits per heavy atom. The highest BCUT2D eigenvalue weighted by atomic mass is 35.5. The monoisotopic (exact) mass is 316 g/mol. The first kappa shape index (κ1) is 17.0. The van der Waals surface area contributed by atoms with Crippen LogP contribution in [0, 0.1) is 6.92 Å². The Morgan fingerprint density at radius 3 is 2.57 bits per heavy atom. The maximum atomic E-state index is 11.8. The summed E-state index contributed by atoms with van der Waals surface area (Å²) in [6.45, 7) is 3.34. The minimum absolute atomic E-state index is 0.0994. The van der Waals surface area contributed by atoms with Crippen molar-refractivity contribution in [2.45, 2.75) is 20.3 Å². The number of amides is 3. The van der Waals surface area contributed by atoms with Gasteiger partial charge in [0, 0.05) is 13.6 Å². The number of halogens is 1. The number of urea groups is 1. The van der Waals surface area contributed by atoms with Gasteiger partial charge in [0.25, 0.3) is 5.91 Å². The number of imide groups is 1. The van der Waals surface area contributed by atoms with E-state index in [2.05, 4.69) is 10.4 Å². The van der Waals surface area contributed by atoms with Crippen molar-refractivity contribution in [3.05, 3.63) is 16.4 Å². The van der Waals surface area contributed by atoms with E-state index in [-0.39, 0.29) is 10.7 Å². The van der Waals surface area contributed by atoms with Crippen LogP contribution < -0.4 is 10.6 Å². The summed E-state index contributed by atoms with van der Waals surface area (Å²) in [5.74, 6) is -1.50. The molecule has 0 fully saturated rings. The highest BCUT2D eigenvalue weighted by Crippen LogP contribution is 2.19. The Bertz CT molecular complexity index is 556. The molecular weight excluding hydrogens is 300 g/mol. The lowest BCUT2D eigenvalue weighted by Gasteiger charge is -2.06. The molecule has 0 aliphatic carbocycles. The Balaban J connectivity index is 2.49. The molecule has 116 valence electrons. The minimum atomic E-state index is -0.769. The normalized spacial score (nSPS) is 10.1. The molecule has 0 radical (unpaired) electrons. The summed E-state index contributed by atoms with van der Waals surface area (Å²) >= 11 is 5.90. The molecular formula is C12H17ClN4O4. The SMILES string of the molecule is CCCNC(=O)NC(=O)COC(=O)c1c(C)nn(C)c1Cl. The first-order chi connectivity index (χ1) is 9.86. The van der Waals surface area contributed by atoms with Crippen molar-refractivity contribution in [2.24, 2.45) is 7.05 Å². The minimum Gasteiger partial charge on any atom is -0.452 e. The maximum Gasteiger partial charge on any atom is 0.343 e. The van der Waals surface area contributed by atoms with Gasteiger partial charge >= 0.3 is 12.0 Å². The lowest BCUT2D eigenvalue weighted by molar-refractivity contribution is -0.123. The van der Waals surface area contributed by atoms with Crippen LogP contribution in [0.25, 0.3) is 0 Å². The van der Waals surface area contributed by atoms with Gasteiger partial charge in [0.05, 0.1) is 5.69 Å². The lowest BCUT2D eigenvalue weighted by Crippen LogP contribution is -2.41. The van der Waals surface area contributed by atoms with Crippen molar-refractivity contribution < 1.29 is 19.1 Å². The molecule has 0 aromatic carbocycles. The van der Waals surface area contributed by atoms with E-state index in [0.29, 0.717) is 12.2 Å². The molecule has 1 aromatic rings. The molecule has 2 N–H and O–H groups in total. The second kappa shape index (κ2) is 7.63. The predicted octanol–water partition coefficient (Wildman–Crippen LogP) is 0.775. The van der Waals surface area contributed by atoms with Crippen molar-refractivity contribution in [3.63, 3.8) is 0 Å². The molecule has 9 heteroatoms. The first-order valence-corrected chi connectivity index (χ1v) is 6.68. The van der Waals surface area contributed by atoms with Gasteiger partial charge in [-0.2, -0.15) is 5.10 Å². The predicted molar refractivity (Wildman–Crippen MR) is 75.1 cm³/mol. The smallest absolute Gasteiger partial charge is 0.343 e. The van der Waals surface area contributed by atoms with Crippen molar-refractivity contribution in [1.29, 1.82) is 0 Å². The Hall–Kier alpha value is -2.09. The van der Waals surface area contributed by atoms with Gasteiger partial charge in [-0.3, -0.25) is 14.8 Å². The topological polar surface area (TPSA) is 102 Å². The van der Waals surface area contributed by atoms with Gasteiger partial charge < -0.3 is 10.1 Å². The molecule has 0 saturated carbocycles. The van der Waals surface area contributed by atoms with Gasteiger partial charge in [0.15, 0.2) is 6.61 Å². The molecule has 0 saturated heterocycles. The second-order valence-corrected chi connectivity index (χ2v) is 4.61. The fraction of sp³-hybridized carbons (Fsp3) is 0.500. The summed E-state index contributed by atoms with van der Waals surface area (Å²) < 4.78 is 6.13. The van der Waals surface area contributed by atoms with Crippen molar-refractivity contribution in [2.75, 3.05) is 13.2 Å². The third-order valence-corrected chi connectivity index (χ3v) is 2.91. The average molecular weight is 317 g/mol. The number of hydrogen-bond donors (Lipinski definition) is 2. The molecule has 21 heavy (non-hydrogen) atoms. The van der Waals surface area contributed by atoms with E-state index in [1.165, 1.54) is 4.68 Å². The van der Waals surface area contributed by atoms with E-state index in [1.807, 2.05) is 12.2 Å². The number of rotatable bonds is 5. The number of carbonyl (C=O) groups is 3. The summed E-state index contributed by atoms with van der Waals surface area (Å²) in [7, 11) is 1.58. The summed E-state index contributed by atoms with van der Waals surface area (Å²) in [5.41, 5.74) is 0.496. The standard InChI is InChI=1S/C12H17ClN4O4/c1-4-5-14-12(20)15-8(18)6-21-11(19)9-7(2)16-17(3)10(9)13/h4-6H2,1-3H3,(H2,14,15,18,20). The van der Waals surface area contributed by atoms with Crippen LogP contribution in [0.5, 0.6) is 0 Å². The van der Waals surface area contributed by atoms with Crippen LogP contribution in [-0.2, 0) is 16.6 Å². The molecule has 1 aromatic heterocycles.